The second-order valence-corrected chi connectivity index (χ2v) is 10.2. The zero-order valence-corrected chi connectivity index (χ0v) is 22.4. The lowest BCUT2D eigenvalue weighted by atomic mass is 10.0. The molecule has 2 aliphatic rings. The molecule has 1 aromatic heterocycles. The highest BCUT2D eigenvalue weighted by molar-refractivity contribution is 6.02. The van der Waals surface area contributed by atoms with Crippen LogP contribution in [0.2, 0.25) is 0 Å². The van der Waals surface area contributed by atoms with Crippen LogP contribution in [0.15, 0.2) is 42.6 Å². The maximum atomic E-state index is 15.8. The third-order valence-corrected chi connectivity index (χ3v) is 7.44. The maximum absolute atomic E-state index is 15.8. The SMILES string of the molecule is Cc1cccc([C@@H](CN)NC(=O)[C@@H](C)N2Cc3ccc(-c4nc(NC5CCOCC5)ncc4F)c(F)c3C2=O)c1. The fourth-order valence-corrected chi connectivity index (χ4v) is 5.12. The molecule has 5 rings (SSSR count). The Labute approximate surface area is 231 Å². The number of carbonyl (C=O) groups excluding carboxylic acids is 2. The van der Waals surface area contributed by atoms with E-state index in [1.807, 2.05) is 31.2 Å². The molecule has 3 aromatic rings. The van der Waals surface area contributed by atoms with Gasteiger partial charge in [-0.1, -0.05) is 35.9 Å². The standard InChI is InChI=1S/C29H32F2N6O3/c1-16-4-3-5-18(12-16)23(13-32)35-27(38)17(2)37-15-19-6-7-21(25(31)24(19)28(37)39)26-22(30)14-33-29(36-26)34-20-8-10-40-11-9-20/h3-7,12,14,17,20,23H,8-11,13,15,32H2,1-2H3,(H,35,38)(H,33,34,36)/t17-,23-/m1/s1. The number of rotatable bonds is 8. The molecule has 2 aromatic carbocycles. The number of ether oxygens (including phenoxy) is 1. The topological polar surface area (TPSA) is 122 Å². The number of fused-ring (bicyclic) bond motifs is 1. The van der Waals surface area contributed by atoms with Gasteiger partial charge in [-0.3, -0.25) is 9.59 Å². The summed E-state index contributed by atoms with van der Waals surface area (Å²) in [4.78, 5) is 36.0. The predicted molar refractivity (Wildman–Crippen MR) is 145 cm³/mol. The molecule has 3 heterocycles. The average molecular weight is 551 g/mol. The van der Waals surface area contributed by atoms with Crippen molar-refractivity contribution in [3.05, 3.63) is 76.5 Å². The molecule has 210 valence electrons. The summed E-state index contributed by atoms with van der Waals surface area (Å²) in [7, 11) is 0. The largest absolute Gasteiger partial charge is 0.381 e. The van der Waals surface area contributed by atoms with Gasteiger partial charge in [-0.25, -0.2) is 18.7 Å². The Morgan fingerprint density at radius 1 is 1.23 bits per heavy atom. The van der Waals surface area contributed by atoms with Crippen molar-refractivity contribution in [1.82, 2.24) is 20.2 Å². The molecule has 0 spiro atoms. The van der Waals surface area contributed by atoms with Crippen molar-refractivity contribution < 1.29 is 23.1 Å². The highest BCUT2D eigenvalue weighted by Gasteiger charge is 2.38. The third-order valence-electron chi connectivity index (χ3n) is 7.44. The number of aromatic nitrogens is 2. The van der Waals surface area contributed by atoms with E-state index in [1.54, 1.807) is 13.0 Å². The summed E-state index contributed by atoms with van der Waals surface area (Å²) >= 11 is 0. The molecule has 0 saturated carbocycles. The predicted octanol–water partition coefficient (Wildman–Crippen LogP) is 3.48. The lowest BCUT2D eigenvalue weighted by Gasteiger charge is -2.26. The van der Waals surface area contributed by atoms with Crippen molar-refractivity contribution in [3.8, 4) is 11.3 Å². The summed E-state index contributed by atoms with van der Waals surface area (Å²) in [6.45, 7) is 4.93. The normalized spacial score (nSPS) is 16.9. The van der Waals surface area contributed by atoms with E-state index in [4.69, 9.17) is 10.5 Å². The molecule has 9 nitrogen and oxygen atoms in total. The lowest BCUT2D eigenvalue weighted by Crippen LogP contribution is -2.47. The van der Waals surface area contributed by atoms with E-state index in [0.717, 1.165) is 30.2 Å². The minimum Gasteiger partial charge on any atom is -0.381 e. The Bertz CT molecular complexity index is 1430. The summed E-state index contributed by atoms with van der Waals surface area (Å²) in [5.41, 5.74) is 7.63. The lowest BCUT2D eigenvalue weighted by molar-refractivity contribution is -0.125. The van der Waals surface area contributed by atoms with Crippen molar-refractivity contribution in [2.75, 3.05) is 25.1 Å². The highest BCUT2D eigenvalue weighted by atomic mass is 19.1. The van der Waals surface area contributed by atoms with Crippen molar-refractivity contribution in [2.24, 2.45) is 5.73 Å². The Morgan fingerprint density at radius 3 is 2.73 bits per heavy atom. The number of nitrogens with one attached hydrogen (secondary N) is 2. The summed E-state index contributed by atoms with van der Waals surface area (Å²) in [5.74, 6) is -2.58. The number of benzene rings is 2. The van der Waals surface area contributed by atoms with Crippen LogP contribution in [0.3, 0.4) is 0 Å². The Morgan fingerprint density at radius 2 is 2.00 bits per heavy atom. The molecule has 0 aliphatic carbocycles. The van der Waals surface area contributed by atoms with Crippen LogP contribution >= 0.6 is 0 Å². The highest BCUT2D eigenvalue weighted by Crippen LogP contribution is 2.34. The summed E-state index contributed by atoms with van der Waals surface area (Å²) in [6.07, 6.45) is 2.48. The van der Waals surface area contributed by atoms with Gasteiger partial charge in [0.25, 0.3) is 5.91 Å². The summed E-state index contributed by atoms with van der Waals surface area (Å²) in [5, 5.41) is 6.05. The van der Waals surface area contributed by atoms with Gasteiger partial charge < -0.3 is 26.0 Å². The van der Waals surface area contributed by atoms with Crippen molar-refractivity contribution in [2.45, 2.75) is 51.4 Å². The number of hydrogen-bond donors (Lipinski definition) is 3. The van der Waals surface area contributed by atoms with Gasteiger partial charge in [-0.05, 0) is 43.9 Å². The molecule has 40 heavy (non-hydrogen) atoms. The van der Waals surface area contributed by atoms with Crippen LogP contribution in [-0.2, 0) is 16.1 Å². The van der Waals surface area contributed by atoms with Crippen LogP contribution in [0.5, 0.6) is 0 Å². The van der Waals surface area contributed by atoms with Gasteiger partial charge in [0, 0.05) is 37.9 Å². The summed E-state index contributed by atoms with van der Waals surface area (Å²) < 4.78 is 36.0. The van der Waals surface area contributed by atoms with Crippen LogP contribution in [0.4, 0.5) is 14.7 Å². The van der Waals surface area contributed by atoms with Crippen LogP contribution < -0.4 is 16.4 Å². The molecular formula is C29H32F2N6O3. The number of carbonyl (C=O) groups is 2. The summed E-state index contributed by atoms with van der Waals surface area (Å²) in [6, 6.07) is 9.34. The van der Waals surface area contributed by atoms with Gasteiger partial charge in [0.05, 0.1) is 17.8 Å². The van der Waals surface area contributed by atoms with E-state index in [1.165, 1.54) is 11.0 Å². The second kappa shape index (κ2) is 11.6. The van der Waals surface area contributed by atoms with Crippen LogP contribution in [0.1, 0.15) is 52.9 Å². The van der Waals surface area contributed by atoms with Crippen molar-refractivity contribution in [1.29, 1.82) is 0 Å². The van der Waals surface area contributed by atoms with E-state index < -0.39 is 35.5 Å². The molecule has 0 bridgehead atoms. The number of amides is 2. The van der Waals surface area contributed by atoms with E-state index in [-0.39, 0.29) is 41.9 Å². The van der Waals surface area contributed by atoms with E-state index >= 15 is 4.39 Å². The fraction of sp³-hybridized carbons (Fsp3) is 0.379. The Balaban J connectivity index is 1.35. The van der Waals surface area contributed by atoms with E-state index in [0.29, 0.717) is 18.8 Å². The minimum atomic E-state index is -0.896. The van der Waals surface area contributed by atoms with Crippen molar-refractivity contribution >= 4 is 17.8 Å². The smallest absolute Gasteiger partial charge is 0.258 e. The fourth-order valence-electron chi connectivity index (χ4n) is 5.12. The minimum absolute atomic E-state index is 0.0422. The monoisotopic (exact) mass is 550 g/mol. The zero-order valence-electron chi connectivity index (χ0n) is 22.4. The van der Waals surface area contributed by atoms with Crippen molar-refractivity contribution in [3.63, 3.8) is 0 Å². The van der Waals surface area contributed by atoms with E-state index in [9.17, 15) is 14.0 Å². The van der Waals surface area contributed by atoms with Gasteiger partial charge in [-0.2, -0.15) is 0 Å². The quantitative estimate of drug-likeness (QED) is 0.393. The first-order valence-corrected chi connectivity index (χ1v) is 13.3. The van der Waals surface area contributed by atoms with Gasteiger partial charge in [0.2, 0.25) is 11.9 Å². The van der Waals surface area contributed by atoms with Gasteiger partial charge in [0.1, 0.15) is 17.6 Å². The first-order chi connectivity index (χ1) is 19.3. The average Bonchev–Trinajstić information content (AvgIpc) is 3.30. The number of nitrogens with zero attached hydrogens (tertiary/aromatic N) is 3. The first-order valence-electron chi connectivity index (χ1n) is 13.3. The maximum Gasteiger partial charge on any atom is 0.258 e. The molecule has 2 amide bonds. The zero-order chi connectivity index (χ0) is 28.4. The molecule has 2 aliphatic heterocycles. The van der Waals surface area contributed by atoms with E-state index in [2.05, 4.69) is 20.6 Å². The Kier molecular flexibility index (Phi) is 8.04. The molecule has 2 atom stereocenters. The molecule has 1 fully saturated rings. The Hall–Kier alpha value is -3.96. The number of nitrogens with two attached hydrogens (primary N) is 1. The molecule has 0 unspecified atom stereocenters. The van der Waals surface area contributed by atoms with Crippen LogP contribution in [0, 0.1) is 18.6 Å². The van der Waals surface area contributed by atoms with Crippen LogP contribution in [0.25, 0.3) is 11.3 Å². The number of hydrogen-bond acceptors (Lipinski definition) is 7. The number of aryl methyl sites for hydroxylation is 1. The molecular weight excluding hydrogens is 518 g/mol. The molecule has 0 radical (unpaired) electrons. The number of halogens is 2. The first kappa shape index (κ1) is 27.6. The third kappa shape index (κ3) is 5.52. The molecule has 1 saturated heterocycles. The van der Waals surface area contributed by atoms with Gasteiger partial charge in [0.15, 0.2) is 5.82 Å². The van der Waals surface area contributed by atoms with Crippen LogP contribution in [-0.4, -0.2) is 58.5 Å². The van der Waals surface area contributed by atoms with Gasteiger partial charge >= 0.3 is 0 Å². The molecule has 11 heteroatoms. The van der Waals surface area contributed by atoms with Gasteiger partial charge in [-0.15, -0.1) is 0 Å². The number of anilines is 1. The molecule has 4 N–H and O–H groups in total. The second-order valence-electron chi connectivity index (χ2n) is 10.2.